The largest absolute Gasteiger partial charge is 0.497 e. The molecule has 0 bridgehead atoms. The molecule has 0 spiro atoms. The molecule has 0 atom stereocenters. The van der Waals surface area contributed by atoms with Crippen molar-refractivity contribution in [2.75, 3.05) is 12.4 Å². The topological polar surface area (TPSA) is 47.0 Å². The van der Waals surface area contributed by atoms with E-state index < -0.39 is 0 Å². The number of anilines is 1. The standard InChI is InChI=1S/C10H10BrN3OS/c1-15-8-2-3-9(11)10(4-8)12-5-7-6-16-14-13-7/h2-4,6,12H,5H2,1H3. The number of nitrogens with zero attached hydrogens (tertiary/aromatic N) is 2. The van der Waals surface area contributed by atoms with Crippen LogP contribution >= 0.6 is 27.5 Å². The fourth-order valence-corrected chi connectivity index (χ4v) is 2.05. The smallest absolute Gasteiger partial charge is 0.121 e. The summed E-state index contributed by atoms with van der Waals surface area (Å²) in [5.41, 5.74) is 1.91. The van der Waals surface area contributed by atoms with Crippen molar-refractivity contribution in [3.8, 4) is 5.75 Å². The number of benzene rings is 1. The Hall–Kier alpha value is -1.14. The van der Waals surface area contributed by atoms with Crippen LogP contribution in [-0.4, -0.2) is 16.7 Å². The van der Waals surface area contributed by atoms with Gasteiger partial charge < -0.3 is 10.1 Å². The Labute approximate surface area is 106 Å². The van der Waals surface area contributed by atoms with E-state index in [1.807, 2.05) is 23.6 Å². The molecule has 1 heterocycles. The van der Waals surface area contributed by atoms with Crippen LogP contribution in [0.1, 0.15) is 5.69 Å². The van der Waals surface area contributed by atoms with E-state index in [4.69, 9.17) is 4.74 Å². The highest BCUT2D eigenvalue weighted by Gasteiger charge is 2.02. The number of rotatable bonds is 4. The molecule has 0 aliphatic rings. The van der Waals surface area contributed by atoms with Gasteiger partial charge in [0.25, 0.3) is 0 Å². The molecule has 4 nitrogen and oxygen atoms in total. The highest BCUT2D eigenvalue weighted by molar-refractivity contribution is 9.10. The molecule has 2 rings (SSSR count). The van der Waals surface area contributed by atoms with Gasteiger partial charge >= 0.3 is 0 Å². The van der Waals surface area contributed by atoms with Crippen molar-refractivity contribution in [3.63, 3.8) is 0 Å². The van der Waals surface area contributed by atoms with Crippen molar-refractivity contribution in [1.29, 1.82) is 0 Å². The number of aromatic nitrogens is 2. The van der Waals surface area contributed by atoms with Crippen LogP contribution < -0.4 is 10.1 Å². The fraction of sp³-hybridized carbons (Fsp3) is 0.200. The van der Waals surface area contributed by atoms with Crippen molar-refractivity contribution >= 4 is 33.1 Å². The first-order valence-electron chi connectivity index (χ1n) is 4.63. The minimum atomic E-state index is 0.655. The van der Waals surface area contributed by atoms with E-state index in [0.717, 1.165) is 21.6 Å². The Morgan fingerprint density at radius 2 is 2.38 bits per heavy atom. The normalized spacial score (nSPS) is 10.1. The molecular weight excluding hydrogens is 290 g/mol. The molecule has 1 aromatic carbocycles. The van der Waals surface area contributed by atoms with E-state index in [9.17, 15) is 0 Å². The molecule has 16 heavy (non-hydrogen) atoms. The van der Waals surface area contributed by atoms with Crippen LogP contribution in [0.2, 0.25) is 0 Å². The quantitative estimate of drug-likeness (QED) is 0.943. The Bertz CT molecular complexity index is 461. The van der Waals surface area contributed by atoms with Gasteiger partial charge in [-0.15, -0.1) is 5.10 Å². The van der Waals surface area contributed by atoms with Gasteiger partial charge in [0.05, 0.1) is 25.0 Å². The zero-order valence-electron chi connectivity index (χ0n) is 8.61. The van der Waals surface area contributed by atoms with Crippen molar-refractivity contribution in [2.24, 2.45) is 0 Å². The average molecular weight is 300 g/mol. The monoisotopic (exact) mass is 299 g/mol. The summed E-state index contributed by atoms with van der Waals surface area (Å²) in [4.78, 5) is 0. The second kappa shape index (κ2) is 5.27. The Morgan fingerprint density at radius 1 is 1.50 bits per heavy atom. The van der Waals surface area contributed by atoms with Gasteiger partial charge in [0.1, 0.15) is 5.75 Å². The van der Waals surface area contributed by atoms with Gasteiger partial charge in [-0.25, -0.2) is 0 Å². The van der Waals surface area contributed by atoms with E-state index in [2.05, 4.69) is 30.8 Å². The van der Waals surface area contributed by atoms with Crippen LogP contribution in [0, 0.1) is 0 Å². The summed E-state index contributed by atoms with van der Waals surface area (Å²) >= 11 is 4.82. The van der Waals surface area contributed by atoms with Crippen LogP contribution in [0.25, 0.3) is 0 Å². The number of ether oxygens (including phenoxy) is 1. The summed E-state index contributed by atoms with van der Waals surface area (Å²) < 4.78 is 9.96. The van der Waals surface area contributed by atoms with E-state index in [1.54, 1.807) is 7.11 Å². The number of methoxy groups -OCH3 is 1. The number of halogens is 1. The van der Waals surface area contributed by atoms with Gasteiger partial charge in [0.15, 0.2) is 0 Å². The summed E-state index contributed by atoms with van der Waals surface area (Å²) in [5, 5.41) is 9.15. The first-order valence-corrected chi connectivity index (χ1v) is 6.26. The molecule has 0 radical (unpaired) electrons. The third-order valence-electron chi connectivity index (χ3n) is 2.04. The third kappa shape index (κ3) is 2.70. The van der Waals surface area contributed by atoms with Gasteiger partial charge in [-0.3, -0.25) is 0 Å². The molecular formula is C10H10BrN3OS. The second-order valence-corrected chi connectivity index (χ2v) is 4.56. The van der Waals surface area contributed by atoms with Gasteiger partial charge in [-0.1, -0.05) is 4.49 Å². The molecule has 0 saturated carbocycles. The molecule has 1 aromatic heterocycles. The molecule has 0 aliphatic heterocycles. The first-order chi connectivity index (χ1) is 7.79. The molecule has 0 aliphatic carbocycles. The summed E-state index contributed by atoms with van der Waals surface area (Å²) in [5.74, 6) is 0.821. The van der Waals surface area contributed by atoms with Crippen LogP contribution in [0.5, 0.6) is 5.75 Å². The SMILES string of the molecule is COc1ccc(Br)c(NCc2csnn2)c1. The molecule has 84 valence electrons. The van der Waals surface area contributed by atoms with E-state index in [0.29, 0.717) is 6.54 Å². The molecule has 0 unspecified atom stereocenters. The Morgan fingerprint density at radius 3 is 3.06 bits per heavy atom. The lowest BCUT2D eigenvalue weighted by atomic mass is 10.3. The molecule has 2 aromatic rings. The summed E-state index contributed by atoms with van der Waals surface area (Å²) in [6, 6.07) is 5.78. The third-order valence-corrected chi connectivity index (χ3v) is 3.28. The summed E-state index contributed by atoms with van der Waals surface area (Å²) in [7, 11) is 1.65. The van der Waals surface area contributed by atoms with E-state index in [1.165, 1.54) is 11.5 Å². The van der Waals surface area contributed by atoms with Crippen molar-refractivity contribution in [2.45, 2.75) is 6.54 Å². The van der Waals surface area contributed by atoms with Crippen LogP contribution in [0.15, 0.2) is 28.1 Å². The lowest BCUT2D eigenvalue weighted by Crippen LogP contribution is -2.00. The van der Waals surface area contributed by atoms with Crippen LogP contribution in [-0.2, 0) is 6.54 Å². The van der Waals surface area contributed by atoms with Crippen LogP contribution in [0.3, 0.4) is 0 Å². The minimum absolute atomic E-state index is 0.655. The van der Waals surface area contributed by atoms with Crippen molar-refractivity contribution in [3.05, 3.63) is 33.7 Å². The highest BCUT2D eigenvalue weighted by atomic mass is 79.9. The van der Waals surface area contributed by atoms with Crippen molar-refractivity contribution < 1.29 is 4.74 Å². The van der Waals surface area contributed by atoms with Gasteiger partial charge in [-0.05, 0) is 39.6 Å². The molecule has 0 amide bonds. The number of nitrogens with one attached hydrogen (secondary N) is 1. The zero-order valence-corrected chi connectivity index (χ0v) is 11.0. The number of hydrogen-bond donors (Lipinski definition) is 1. The highest BCUT2D eigenvalue weighted by Crippen LogP contribution is 2.27. The molecule has 1 N–H and O–H groups in total. The summed E-state index contributed by atoms with van der Waals surface area (Å²) in [6.45, 7) is 0.655. The molecule has 0 fully saturated rings. The van der Waals surface area contributed by atoms with Gasteiger partial charge in [0, 0.05) is 15.9 Å². The maximum atomic E-state index is 5.16. The molecule has 6 heteroatoms. The van der Waals surface area contributed by atoms with E-state index in [-0.39, 0.29) is 0 Å². The Balaban J connectivity index is 2.08. The first kappa shape index (κ1) is 11.3. The lowest BCUT2D eigenvalue weighted by molar-refractivity contribution is 0.415. The Kier molecular flexibility index (Phi) is 3.74. The van der Waals surface area contributed by atoms with Crippen LogP contribution in [0.4, 0.5) is 5.69 Å². The van der Waals surface area contributed by atoms with Gasteiger partial charge in [-0.2, -0.15) is 0 Å². The maximum Gasteiger partial charge on any atom is 0.121 e. The van der Waals surface area contributed by atoms with Crippen molar-refractivity contribution in [1.82, 2.24) is 9.59 Å². The predicted molar refractivity (Wildman–Crippen MR) is 67.9 cm³/mol. The van der Waals surface area contributed by atoms with E-state index >= 15 is 0 Å². The minimum Gasteiger partial charge on any atom is -0.497 e. The van der Waals surface area contributed by atoms with Gasteiger partial charge in [0.2, 0.25) is 0 Å². The zero-order chi connectivity index (χ0) is 11.4. The molecule has 0 saturated heterocycles. The predicted octanol–water partition coefficient (Wildman–Crippen LogP) is 2.92. The number of hydrogen-bond acceptors (Lipinski definition) is 5. The summed E-state index contributed by atoms with van der Waals surface area (Å²) in [6.07, 6.45) is 0. The second-order valence-electron chi connectivity index (χ2n) is 3.10. The lowest BCUT2D eigenvalue weighted by Gasteiger charge is -2.08. The average Bonchev–Trinajstić information content (AvgIpc) is 2.81. The fourth-order valence-electron chi connectivity index (χ4n) is 1.21. The maximum absolute atomic E-state index is 5.16.